The van der Waals surface area contributed by atoms with Crippen molar-refractivity contribution in [2.45, 2.75) is 0 Å². The van der Waals surface area contributed by atoms with Gasteiger partial charge in [-0.2, -0.15) is 0 Å². The summed E-state index contributed by atoms with van der Waals surface area (Å²) in [5, 5.41) is 6.12. The van der Waals surface area contributed by atoms with Crippen LogP contribution in [-0.2, 0) is 9.47 Å². The quantitative estimate of drug-likeness (QED) is 0.371. The van der Waals surface area contributed by atoms with E-state index in [1.54, 1.807) is 43.5 Å². The zero-order valence-electron chi connectivity index (χ0n) is 19.3. The molecule has 1 aliphatic rings. The Morgan fingerprint density at radius 2 is 1.38 bits per heavy atom. The summed E-state index contributed by atoms with van der Waals surface area (Å²) >= 11 is 0. The molecule has 0 aromatic heterocycles. The first-order chi connectivity index (χ1) is 16.6. The molecule has 1 amide bonds. The minimum absolute atomic E-state index is 0.0694. The van der Waals surface area contributed by atoms with Gasteiger partial charge in [-0.3, -0.25) is 9.59 Å². The third kappa shape index (κ3) is 6.01. The first kappa shape index (κ1) is 23.5. The van der Waals surface area contributed by atoms with Crippen molar-refractivity contribution in [1.82, 2.24) is 0 Å². The van der Waals surface area contributed by atoms with Crippen LogP contribution >= 0.6 is 0 Å². The van der Waals surface area contributed by atoms with Crippen molar-refractivity contribution in [2.75, 3.05) is 62.1 Å². The number of amides is 1. The van der Waals surface area contributed by atoms with E-state index in [1.165, 1.54) is 0 Å². The van der Waals surface area contributed by atoms with E-state index < -0.39 is 0 Å². The predicted molar refractivity (Wildman–Crippen MR) is 134 cm³/mol. The first-order valence-corrected chi connectivity index (χ1v) is 11.4. The van der Waals surface area contributed by atoms with Crippen LogP contribution in [0.15, 0.2) is 72.8 Å². The van der Waals surface area contributed by atoms with Crippen molar-refractivity contribution in [3.63, 3.8) is 0 Å². The SMILES string of the molecule is COCCNc1ccc(C(=O)c2ccc(NC(=O)c3ccc(N4CCOCC4)cc3)cc2)cc1. The summed E-state index contributed by atoms with van der Waals surface area (Å²) in [5.41, 5.74) is 4.40. The van der Waals surface area contributed by atoms with Crippen LogP contribution < -0.4 is 15.5 Å². The van der Waals surface area contributed by atoms with Crippen molar-refractivity contribution < 1.29 is 19.1 Å². The van der Waals surface area contributed by atoms with E-state index in [0.717, 1.165) is 37.7 Å². The fourth-order valence-electron chi connectivity index (χ4n) is 3.76. The number of methoxy groups -OCH3 is 1. The minimum atomic E-state index is -0.191. The van der Waals surface area contributed by atoms with E-state index in [1.807, 2.05) is 36.4 Å². The van der Waals surface area contributed by atoms with E-state index in [2.05, 4.69) is 15.5 Å². The van der Waals surface area contributed by atoms with Crippen molar-refractivity contribution in [2.24, 2.45) is 0 Å². The lowest BCUT2D eigenvalue weighted by molar-refractivity contribution is 0.102. The molecule has 2 N–H and O–H groups in total. The van der Waals surface area contributed by atoms with Gasteiger partial charge in [0, 0.05) is 60.5 Å². The number of benzene rings is 3. The lowest BCUT2D eigenvalue weighted by atomic mass is 10.0. The van der Waals surface area contributed by atoms with Gasteiger partial charge in [-0.1, -0.05) is 0 Å². The number of ketones is 1. The van der Waals surface area contributed by atoms with Gasteiger partial charge in [-0.15, -0.1) is 0 Å². The Bertz CT molecular complexity index is 1090. The summed E-state index contributed by atoms with van der Waals surface area (Å²) in [6.45, 7) is 4.46. The minimum Gasteiger partial charge on any atom is -0.383 e. The van der Waals surface area contributed by atoms with E-state index in [9.17, 15) is 9.59 Å². The van der Waals surface area contributed by atoms with Gasteiger partial charge >= 0.3 is 0 Å². The fraction of sp³-hybridized carbons (Fsp3) is 0.259. The van der Waals surface area contributed by atoms with Crippen LogP contribution in [0, 0.1) is 0 Å². The molecule has 34 heavy (non-hydrogen) atoms. The van der Waals surface area contributed by atoms with Crippen LogP contribution in [0.5, 0.6) is 0 Å². The summed E-state index contributed by atoms with van der Waals surface area (Å²) in [6.07, 6.45) is 0. The average Bonchev–Trinajstić information content (AvgIpc) is 2.90. The summed E-state index contributed by atoms with van der Waals surface area (Å²) < 4.78 is 10.4. The summed E-state index contributed by atoms with van der Waals surface area (Å²) in [4.78, 5) is 27.7. The molecule has 0 radical (unpaired) electrons. The standard InChI is InChI=1S/C27H29N3O4/c1-33-17-14-28-23-8-2-20(3-9-23)26(31)21-4-10-24(11-5-21)29-27(32)22-6-12-25(13-7-22)30-15-18-34-19-16-30/h2-13,28H,14-19H2,1H3,(H,29,32). The zero-order chi connectivity index (χ0) is 23.8. The van der Waals surface area contributed by atoms with Crippen molar-refractivity contribution in [3.8, 4) is 0 Å². The lowest BCUT2D eigenvalue weighted by Gasteiger charge is -2.28. The maximum Gasteiger partial charge on any atom is 0.255 e. The monoisotopic (exact) mass is 459 g/mol. The molecule has 1 heterocycles. The number of morpholine rings is 1. The number of nitrogens with one attached hydrogen (secondary N) is 2. The van der Waals surface area contributed by atoms with Crippen molar-refractivity contribution in [3.05, 3.63) is 89.5 Å². The third-order valence-electron chi connectivity index (χ3n) is 5.69. The highest BCUT2D eigenvalue weighted by Gasteiger charge is 2.13. The Labute approximate surface area is 199 Å². The number of nitrogens with zero attached hydrogens (tertiary/aromatic N) is 1. The van der Waals surface area contributed by atoms with E-state index >= 15 is 0 Å². The molecule has 0 bridgehead atoms. The van der Waals surface area contributed by atoms with E-state index in [0.29, 0.717) is 35.5 Å². The number of carbonyl (C=O) groups excluding carboxylic acids is 2. The van der Waals surface area contributed by atoms with Gasteiger partial charge in [0.25, 0.3) is 5.91 Å². The molecule has 0 spiro atoms. The molecule has 1 aliphatic heterocycles. The number of ether oxygens (including phenoxy) is 2. The number of hydrogen-bond donors (Lipinski definition) is 2. The Morgan fingerprint density at radius 3 is 1.97 bits per heavy atom. The topological polar surface area (TPSA) is 79.9 Å². The van der Waals surface area contributed by atoms with Crippen LogP contribution in [0.1, 0.15) is 26.3 Å². The number of hydrogen-bond acceptors (Lipinski definition) is 6. The van der Waals surface area contributed by atoms with E-state index in [4.69, 9.17) is 9.47 Å². The third-order valence-corrected chi connectivity index (χ3v) is 5.69. The highest BCUT2D eigenvalue weighted by Crippen LogP contribution is 2.19. The van der Waals surface area contributed by atoms with Gasteiger partial charge < -0.3 is 25.0 Å². The Kier molecular flexibility index (Phi) is 7.91. The van der Waals surface area contributed by atoms with Crippen molar-refractivity contribution in [1.29, 1.82) is 0 Å². The van der Waals surface area contributed by atoms with Gasteiger partial charge in [0.05, 0.1) is 19.8 Å². The van der Waals surface area contributed by atoms with Gasteiger partial charge in [-0.25, -0.2) is 0 Å². The maximum absolute atomic E-state index is 12.8. The molecule has 3 aromatic carbocycles. The highest BCUT2D eigenvalue weighted by atomic mass is 16.5. The normalized spacial score (nSPS) is 13.4. The molecular formula is C27H29N3O4. The zero-order valence-corrected chi connectivity index (χ0v) is 19.3. The average molecular weight is 460 g/mol. The number of carbonyl (C=O) groups is 2. The molecule has 4 rings (SSSR count). The molecular weight excluding hydrogens is 430 g/mol. The molecule has 1 saturated heterocycles. The second-order valence-electron chi connectivity index (χ2n) is 8.00. The smallest absolute Gasteiger partial charge is 0.255 e. The fourth-order valence-corrected chi connectivity index (χ4v) is 3.76. The molecule has 176 valence electrons. The second-order valence-corrected chi connectivity index (χ2v) is 8.00. The van der Waals surface area contributed by atoms with Crippen LogP contribution in [0.2, 0.25) is 0 Å². The Balaban J connectivity index is 1.34. The Morgan fingerprint density at radius 1 is 0.824 bits per heavy atom. The molecule has 3 aromatic rings. The number of rotatable bonds is 9. The number of anilines is 3. The van der Waals surface area contributed by atoms with Crippen LogP contribution in [0.3, 0.4) is 0 Å². The highest BCUT2D eigenvalue weighted by molar-refractivity contribution is 6.09. The maximum atomic E-state index is 12.8. The van der Waals surface area contributed by atoms with Gasteiger partial charge in [0.15, 0.2) is 5.78 Å². The molecule has 0 unspecified atom stereocenters. The van der Waals surface area contributed by atoms with Gasteiger partial charge in [-0.05, 0) is 72.8 Å². The summed E-state index contributed by atoms with van der Waals surface area (Å²) in [6, 6.07) is 21.9. The lowest BCUT2D eigenvalue weighted by Crippen LogP contribution is -2.36. The molecule has 7 nitrogen and oxygen atoms in total. The van der Waals surface area contributed by atoms with Crippen LogP contribution in [0.25, 0.3) is 0 Å². The second kappa shape index (κ2) is 11.4. The Hall–Kier alpha value is -3.68. The summed E-state index contributed by atoms with van der Waals surface area (Å²) in [5.74, 6) is -0.260. The molecule has 0 saturated carbocycles. The van der Waals surface area contributed by atoms with Crippen LogP contribution in [0.4, 0.5) is 17.1 Å². The van der Waals surface area contributed by atoms with Crippen LogP contribution in [-0.4, -0.2) is 58.3 Å². The molecule has 7 heteroatoms. The van der Waals surface area contributed by atoms with Crippen molar-refractivity contribution >= 4 is 28.8 Å². The molecule has 1 fully saturated rings. The van der Waals surface area contributed by atoms with E-state index in [-0.39, 0.29) is 11.7 Å². The van der Waals surface area contributed by atoms with Gasteiger partial charge in [0.1, 0.15) is 0 Å². The predicted octanol–water partition coefficient (Wildman–Crippen LogP) is 4.06. The summed E-state index contributed by atoms with van der Waals surface area (Å²) in [7, 11) is 1.66. The molecule has 0 atom stereocenters. The largest absolute Gasteiger partial charge is 0.383 e. The van der Waals surface area contributed by atoms with Gasteiger partial charge in [0.2, 0.25) is 0 Å². The molecule has 0 aliphatic carbocycles. The first-order valence-electron chi connectivity index (χ1n) is 11.4.